The Kier molecular flexibility index (Phi) is 10.7. The number of benzene rings is 3. The third-order valence-corrected chi connectivity index (χ3v) is 8.36. The first-order valence-electron chi connectivity index (χ1n) is 13.4. The molecule has 3 aromatic rings. The number of hydrogen-bond donors (Lipinski definition) is 1. The van der Waals surface area contributed by atoms with Gasteiger partial charge in [-0.3, -0.25) is 13.9 Å². The van der Waals surface area contributed by atoms with Crippen LogP contribution in [0.1, 0.15) is 38.8 Å². The molecular weight excluding hydrogens is 526 g/mol. The minimum atomic E-state index is -4.10. The van der Waals surface area contributed by atoms with Crippen molar-refractivity contribution in [2.75, 3.05) is 24.5 Å². The average Bonchev–Trinajstić information content (AvgIpc) is 2.97. The zero-order valence-electron chi connectivity index (χ0n) is 23.8. The fourth-order valence-electron chi connectivity index (χ4n) is 4.29. The molecular formula is C31H39N3O5S. The van der Waals surface area contributed by atoms with Crippen molar-refractivity contribution in [1.29, 1.82) is 0 Å². The fraction of sp³-hybridized carbons (Fsp3) is 0.355. The molecule has 0 heterocycles. The van der Waals surface area contributed by atoms with Crippen molar-refractivity contribution in [2.45, 2.75) is 51.6 Å². The zero-order valence-corrected chi connectivity index (χ0v) is 24.6. The summed E-state index contributed by atoms with van der Waals surface area (Å²) in [6.45, 7) is 7.65. The molecule has 0 aliphatic rings. The van der Waals surface area contributed by atoms with Gasteiger partial charge in [0.15, 0.2) is 0 Å². The van der Waals surface area contributed by atoms with Gasteiger partial charge in [-0.15, -0.1) is 0 Å². The number of anilines is 1. The summed E-state index contributed by atoms with van der Waals surface area (Å²) in [5.41, 5.74) is 1.97. The van der Waals surface area contributed by atoms with Crippen molar-refractivity contribution in [1.82, 2.24) is 10.2 Å². The van der Waals surface area contributed by atoms with E-state index in [-0.39, 0.29) is 23.3 Å². The van der Waals surface area contributed by atoms with Gasteiger partial charge in [-0.1, -0.05) is 69.3 Å². The van der Waals surface area contributed by atoms with E-state index in [4.69, 9.17) is 4.74 Å². The number of methoxy groups -OCH3 is 1. The molecule has 0 aliphatic carbocycles. The number of rotatable bonds is 13. The Morgan fingerprint density at radius 1 is 0.925 bits per heavy atom. The van der Waals surface area contributed by atoms with Gasteiger partial charge < -0.3 is 15.0 Å². The molecule has 9 heteroatoms. The minimum Gasteiger partial charge on any atom is -0.497 e. The molecule has 0 spiro atoms. The van der Waals surface area contributed by atoms with Crippen molar-refractivity contribution >= 4 is 27.5 Å². The summed E-state index contributed by atoms with van der Waals surface area (Å²) < 4.78 is 34.4. The maximum atomic E-state index is 14.1. The van der Waals surface area contributed by atoms with Crippen LogP contribution >= 0.6 is 0 Å². The van der Waals surface area contributed by atoms with Gasteiger partial charge in [0.05, 0.1) is 17.7 Å². The quantitative estimate of drug-likeness (QED) is 0.326. The molecule has 0 saturated heterocycles. The van der Waals surface area contributed by atoms with Crippen molar-refractivity contribution in [3.05, 3.63) is 90.0 Å². The van der Waals surface area contributed by atoms with Crippen LogP contribution in [0.25, 0.3) is 0 Å². The maximum absolute atomic E-state index is 14.1. The smallest absolute Gasteiger partial charge is 0.264 e. The third kappa shape index (κ3) is 7.63. The van der Waals surface area contributed by atoms with Crippen molar-refractivity contribution in [2.24, 2.45) is 5.92 Å². The number of amides is 2. The third-order valence-electron chi connectivity index (χ3n) is 6.59. The molecule has 40 heavy (non-hydrogen) atoms. The van der Waals surface area contributed by atoms with E-state index in [9.17, 15) is 18.0 Å². The van der Waals surface area contributed by atoms with E-state index in [0.717, 1.165) is 15.4 Å². The molecule has 3 rings (SSSR count). The number of para-hydroxylation sites is 1. The molecule has 0 aromatic heterocycles. The van der Waals surface area contributed by atoms with E-state index in [1.165, 1.54) is 17.0 Å². The highest BCUT2D eigenvalue weighted by Crippen LogP contribution is 2.28. The summed E-state index contributed by atoms with van der Waals surface area (Å²) in [4.78, 5) is 28.7. The van der Waals surface area contributed by atoms with Gasteiger partial charge in [0.1, 0.15) is 18.3 Å². The lowest BCUT2D eigenvalue weighted by atomic mass is 10.1. The lowest BCUT2D eigenvalue weighted by molar-refractivity contribution is -0.139. The molecule has 0 bridgehead atoms. The van der Waals surface area contributed by atoms with Crippen LogP contribution in [0.15, 0.2) is 83.8 Å². The van der Waals surface area contributed by atoms with Gasteiger partial charge in [0.2, 0.25) is 11.8 Å². The zero-order chi connectivity index (χ0) is 29.3. The molecule has 214 valence electrons. The molecule has 3 aromatic carbocycles. The van der Waals surface area contributed by atoms with Crippen LogP contribution in [0.5, 0.6) is 5.75 Å². The van der Waals surface area contributed by atoms with Gasteiger partial charge in [0.25, 0.3) is 10.0 Å². The molecule has 0 fully saturated rings. The standard InChI is InChI=1S/C31H39N3O5S/c1-6-26-14-10-11-18-29(26)34(40(37,38)28-16-8-7-9-17-28)22-30(35)33(24(4)31(36)32-20-23(2)3)21-25-13-12-15-27(19-25)39-5/h7-19,23-24H,6,20-22H2,1-5H3,(H,32,36). The Morgan fingerprint density at radius 2 is 1.60 bits per heavy atom. The SMILES string of the molecule is CCc1ccccc1N(CC(=O)N(Cc1cccc(OC)c1)C(C)C(=O)NCC(C)C)S(=O)(=O)c1ccccc1. The average molecular weight is 566 g/mol. The molecule has 0 saturated carbocycles. The van der Waals surface area contributed by atoms with Gasteiger partial charge in [-0.25, -0.2) is 8.42 Å². The monoisotopic (exact) mass is 565 g/mol. The van der Waals surface area contributed by atoms with Gasteiger partial charge >= 0.3 is 0 Å². The molecule has 1 unspecified atom stereocenters. The summed E-state index contributed by atoms with van der Waals surface area (Å²) in [6.07, 6.45) is 0.576. The van der Waals surface area contributed by atoms with Crippen LogP contribution in [-0.2, 0) is 32.6 Å². The van der Waals surface area contributed by atoms with Crippen LogP contribution in [-0.4, -0.2) is 51.4 Å². The largest absolute Gasteiger partial charge is 0.497 e. The van der Waals surface area contributed by atoms with E-state index in [1.54, 1.807) is 56.5 Å². The molecule has 1 N–H and O–H groups in total. The number of carbonyl (C=O) groups is 2. The predicted octanol–water partition coefficient (Wildman–Crippen LogP) is 4.64. The number of carbonyl (C=O) groups excluding carboxylic acids is 2. The summed E-state index contributed by atoms with van der Waals surface area (Å²) >= 11 is 0. The van der Waals surface area contributed by atoms with Crippen LogP contribution in [0, 0.1) is 5.92 Å². The Hall–Kier alpha value is -3.85. The molecule has 0 radical (unpaired) electrons. The maximum Gasteiger partial charge on any atom is 0.264 e. The van der Waals surface area contributed by atoms with E-state index in [2.05, 4.69) is 5.32 Å². The fourth-order valence-corrected chi connectivity index (χ4v) is 5.76. The summed E-state index contributed by atoms with van der Waals surface area (Å²) in [6, 6.07) is 21.6. The Balaban J connectivity index is 2.04. The van der Waals surface area contributed by atoms with Crippen LogP contribution in [0.2, 0.25) is 0 Å². The van der Waals surface area contributed by atoms with Gasteiger partial charge in [-0.05, 0) is 60.7 Å². The van der Waals surface area contributed by atoms with Gasteiger partial charge in [0, 0.05) is 13.1 Å². The molecule has 8 nitrogen and oxygen atoms in total. The molecule has 1 atom stereocenters. The Bertz CT molecular complexity index is 1390. The first kappa shape index (κ1) is 30.7. The summed E-state index contributed by atoms with van der Waals surface area (Å²) in [7, 11) is -2.54. The summed E-state index contributed by atoms with van der Waals surface area (Å²) in [5, 5.41) is 2.90. The van der Waals surface area contributed by atoms with Crippen LogP contribution in [0.4, 0.5) is 5.69 Å². The number of ether oxygens (including phenoxy) is 1. The topological polar surface area (TPSA) is 96.0 Å². The predicted molar refractivity (Wildman–Crippen MR) is 158 cm³/mol. The highest BCUT2D eigenvalue weighted by molar-refractivity contribution is 7.92. The number of aryl methyl sites for hydroxylation is 1. The lowest BCUT2D eigenvalue weighted by Crippen LogP contribution is -2.51. The first-order chi connectivity index (χ1) is 19.1. The van der Waals surface area contributed by atoms with Crippen LogP contribution < -0.4 is 14.4 Å². The van der Waals surface area contributed by atoms with Crippen molar-refractivity contribution < 1.29 is 22.7 Å². The van der Waals surface area contributed by atoms with Crippen molar-refractivity contribution in [3.8, 4) is 5.75 Å². The molecule has 2 amide bonds. The van der Waals surface area contributed by atoms with E-state index >= 15 is 0 Å². The highest BCUT2D eigenvalue weighted by atomic mass is 32.2. The number of nitrogens with zero attached hydrogens (tertiary/aromatic N) is 2. The first-order valence-corrected chi connectivity index (χ1v) is 14.9. The van der Waals surface area contributed by atoms with E-state index < -0.39 is 28.5 Å². The summed E-state index contributed by atoms with van der Waals surface area (Å²) in [5.74, 6) is 0.0412. The number of nitrogens with one attached hydrogen (secondary N) is 1. The van der Waals surface area contributed by atoms with Crippen molar-refractivity contribution in [3.63, 3.8) is 0 Å². The Labute approximate surface area is 238 Å². The lowest BCUT2D eigenvalue weighted by Gasteiger charge is -2.32. The van der Waals surface area contributed by atoms with E-state index in [1.807, 2.05) is 45.0 Å². The van der Waals surface area contributed by atoms with Gasteiger partial charge in [-0.2, -0.15) is 0 Å². The molecule has 0 aliphatic heterocycles. The highest BCUT2D eigenvalue weighted by Gasteiger charge is 2.33. The normalized spacial score (nSPS) is 12.1. The van der Waals surface area contributed by atoms with Crippen LogP contribution in [0.3, 0.4) is 0 Å². The second kappa shape index (κ2) is 14.0. The minimum absolute atomic E-state index is 0.0794. The van der Waals surface area contributed by atoms with E-state index in [0.29, 0.717) is 24.4 Å². The number of hydrogen-bond acceptors (Lipinski definition) is 5. The second-order valence-corrected chi connectivity index (χ2v) is 11.9. The second-order valence-electron chi connectivity index (χ2n) is 10.00. The Morgan fingerprint density at radius 3 is 2.25 bits per heavy atom. The number of sulfonamides is 1.